The van der Waals surface area contributed by atoms with Gasteiger partial charge in [-0.3, -0.25) is 4.90 Å². The van der Waals surface area contributed by atoms with E-state index >= 15 is 0 Å². The molecular formula is C18H27I2N3OS. The number of thioether (sulfide) groups is 1. The van der Waals surface area contributed by atoms with Crippen molar-refractivity contribution in [2.75, 3.05) is 20.2 Å². The van der Waals surface area contributed by atoms with Gasteiger partial charge in [-0.15, -0.1) is 11.8 Å². The number of halogens is 2. The maximum absolute atomic E-state index is 6.35. The van der Waals surface area contributed by atoms with Crippen LogP contribution in [0.15, 0.2) is 22.7 Å². The summed E-state index contributed by atoms with van der Waals surface area (Å²) in [5.74, 6) is 0.968. The second-order valence-corrected chi connectivity index (χ2v) is 9.98. The molecule has 0 bridgehead atoms. The number of methoxy groups -OCH3 is 1. The Morgan fingerprint density at radius 2 is 2.00 bits per heavy atom. The first kappa shape index (κ1) is 21.6. The number of nitrogens with zero attached hydrogens (tertiary/aromatic N) is 1. The fraction of sp³-hybridized carbons (Fsp3) is 0.556. The van der Waals surface area contributed by atoms with Gasteiger partial charge in [-0.25, -0.2) is 0 Å². The van der Waals surface area contributed by atoms with Crippen molar-refractivity contribution < 1.29 is 4.74 Å². The summed E-state index contributed by atoms with van der Waals surface area (Å²) in [6.45, 7) is 6.33. The van der Waals surface area contributed by atoms with Crippen molar-refractivity contribution >= 4 is 56.9 Å². The zero-order valence-electron chi connectivity index (χ0n) is 15.0. The van der Waals surface area contributed by atoms with Gasteiger partial charge < -0.3 is 16.2 Å². The molecule has 2 rings (SSSR count). The third-order valence-electron chi connectivity index (χ3n) is 4.42. The number of ether oxygens (including phenoxy) is 1. The Bertz CT molecular complexity index is 614. The molecule has 0 aromatic heterocycles. The fourth-order valence-electron chi connectivity index (χ4n) is 3.22. The number of nitrogens with two attached hydrogens (primary N) is 2. The van der Waals surface area contributed by atoms with Gasteiger partial charge in [-0.1, -0.05) is 6.92 Å². The molecule has 1 aliphatic heterocycles. The second-order valence-electron chi connectivity index (χ2n) is 6.24. The molecule has 0 aliphatic carbocycles. The van der Waals surface area contributed by atoms with Crippen molar-refractivity contribution in [3.05, 3.63) is 35.4 Å². The van der Waals surface area contributed by atoms with E-state index in [-0.39, 0.29) is 5.37 Å². The maximum atomic E-state index is 6.35. The summed E-state index contributed by atoms with van der Waals surface area (Å²) in [4.78, 5) is 3.81. The quantitative estimate of drug-likeness (QED) is 0.371. The van der Waals surface area contributed by atoms with Crippen LogP contribution in [0.3, 0.4) is 0 Å². The molecule has 7 heteroatoms. The smallest absolute Gasteiger partial charge is 0.145 e. The molecule has 140 valence electrons. The Kier molecular flexibility index (Phi) is 8.64. The molecule has 2 unspecified atom stereocenters. The maximum Gasteiger partial charge on any atom is 0.145 e. The number of aryl methyl sites for hydroxylation is 1. The molecule has 0 amide bonds. The van der Waals surface area contributed by atoms with Gasteiger partial charge in [0.25, 0.3) is 0 Å². The normalized spacial score (nSPS) is 20.0. The second kappa shape index (κ2) is 10.0. The third-order valence-corrected chi connectivity index (χ3v) is 7.18. The average Bonchev–Trinajstić information content (AvgIpc) is 2.54. The van der Waals surface area contributed by atoms with E-state index in [1.165, 1.54) is 17.6 Å². The van der Waals surface area contributed by atoms with Crippen molar-refractivity contribution in [3.63, 3.8) is 0 Å². The van der Waals surface area contributed by atoms with E-state index in [9.17, 15) is 0 Å². The van der Waals surface area contributed by atoms with Crippen LogP contribution in [0.5, 0.6) is 5.75 Å². The SMILES string of the molecule is CCN1CCC(N)=C(SC(C)N)C1CCc1cc(I)c(OC)c(I)c1. The summed E-state index contributed by atoms with van der Waals surface area (Å²) in [7, 11) is 1.73. The van der Waals surface area contributed by atoms with Crippen LogP contribution >= 0.6 is 56.9 Å². The molecule has 0 radical (unpaired) electrons. The van der Waals surface area contributed by atoms with Crippen LogP contribution < -0.4 is 16.2 Å². The van der Waals surface area contributed by atoms with Crippen LogP contribution in [0.1, 0.15) is 32.3 Å². The molecule has 0 saturated heterocycles. The predicted molar refractivity (Wildman–Crippen MR) is 125 cm³/mol. The van der Waals surface area contributed by atoms with E-state index in [2.05, 4.69) is 69.1 Å². The zero-order chi connectivity index (χ0) is 18.6. The molecule has 1 aliphatic rings. The van der Waals surface area contributed by atoms with Crippen LogP contribution in [-0.4, -0.2) is 36.5 Å². The van der Waals surface area contributed by atoms with Crippen molar-refractivity contribution in [3.8, 4) is 5.75 Å². The highest BCUT2D eigenvalue weighted by atomic mass is 127. The van der Waals surface area contributed by atoms with Crippen LogP contribution in [0, 0.1) is 7.14 Å². The van der Waals surface area contributed by atoms with E-state index in [0.29, 0.717) is 6.04 Å². The standard InChI is InChI=1S/C18H27I2N3OS/c1-4-23-8-7-15(22)18(25-11(2)21)16(23)6-5-12-9-13(19)17(24-3)14(20)10-12/h9-11,16H,4-8,21-22H2,1-3H3. The first-order valence-corrected chi connectivity index (χ1v) is 11.6. The summed E-state index contributed by atoms with van der Waals surface area (Å²) in [6, 6.07) is 4.82. The highest BCUT2D eigenvalue weighted by Crippen LogP contribution is 2.35. The minimum atomic E-state index is 0.0655. The van der Waals surface area contributed by atoms with Crippen molar-refractivity contribution in [1.29, 1.82) is 0 Å². The molecule has 1 aromatic rings. The van der Waals surface area contributed by atoms with Crippen molar-refractivity contribution in [2.24, 2.45) is 11.5 Å². The molecule has 0 saturated carbocycles. The summed E-state index contributed by atoms with van der Waals surface area (Å²) < 4.78 is 7.80. The molecule has 1 aromatic carbocycles. The van der Waals surface area contributed by atoms with E-state index < -0.39 is 0 Å². The summed E-state index contributed by atoms with van der Waals surface area (Å²) in [5, 5.41) is 0.0655. The fourth-order valence-corrected chi connectivity index (χ4v) is 6.64. The molecule has 25 heavy (non-hydrogen) atoms. The lowest BCUT2D eigenvalue weighted by molar-refractivity contribution is 0.217. The van der Waals surface area contributed by atoms with Gasteiger partial charge >= 0.3 is 0 Å². The highest BCUT2D eigenvalue weighted by molar-refractivity contribution is 14.1. The van der Waals surface area contributed by atoms with E-state index in [4.69, 9.17) is 16.2 Å². The van der Waals surface area contributed by atoms with Crippen LogP contribution in [-0.2, 0) is 6.42 Å². The Balaban J connectivity index is 2.19. The Morgan fingerprint density at radius 1 is 1.36 bits per heavy atom. The molecule has 4 nitrogen and oxygen atoms in total. The van der Waals surface area contributed by atoms with E-state index in [1.54, 1.807) is 18.9 Å². The van der Waals surface area contributed by atoms with Crippen molar-refractivity contribution in [1.82, 2.24) is 4.90 Å². The zero-order valence-corrected chi connectivity index (χ0v) is 20.2. The number of hydrogen-bond donors (Lipinski definition) is 2. The summed E-state index contributed by atoms with van der Waals surface area (Å²) in [6.07, 6.45) is 3.02. The molecule has 1 heterocycles. The Morgan fingerprint density at radius 3 is 2.52 bits per heavy atom. The molecule has 0 spiro atoms. The van der Waals surface area contributed by atoms with Crippen LogP contribution in [0.25, 0.3) is 0 Å². The van der Waals surface area contributed by atoms with Gasteiger partial charge in [-0.05, 0) is 89.2 Å². The largest absolute Gasteiger partial charge is 0.495 e. The topological polar surface area (TPSA) is 64.5 Å². The lowest BCUT2D eigenvalue weighted by atomic mass is 9.99. The van der Waals surface area contributed by atoms with Gasteiger partial charge in [0.2, 0.25) is 0 Å². The van der Waals surface area contributed by atoms with Crippen molar-refractivity contribution in [2.45, 2.75) is 44.5 Å². The average molecular weight is 587 g/mol. The molecular weight excluding hydrogens is 560 g/mol. The summed E-state index contributed by atoms with van der Waals surface area (Å²) >= 11 is 6.43. The lowest BCUT2D eigenvalue weighted by Gasteiger charge is -2.37. The minimum Gasteiger partial charge on any atom is -0.495 e. The predicted octanol–water partition coefficient (Wildman–Crippen LogP) is 4.14. The number of hydrogen-bond acceptors (Lipinski definition) is 5. The molecule has 2 atom stereocenters. The van der Waals surface area contributed by atoms with Gasteiger partial charge in [0.05, 0.1) is 19.6 Å². The number of rotatable bonds is 7. The third kappa shape index (κ3) is 5.63. The monoisotopic (exact) mass is 587 g/mol. The Labute approximate surface area is 182 Å². The molecule has 4 N–H and O–H groups in total. The Hall–Kier alpha value is 0.290. The summed E-state index contributed by atoms with van der Waals surface area (Å²) in [5.41, 5.74) is 14.8. The number of likely N-dealkylation sites (N-methyl/N-ethyl adjacent to an activating group) is 1. The molecule has 0 fully saturated rings. The van der Waals surface area contributed by atoms with Gasteiger partial charge in [-0.2, -0.15) is 0 Å². The van der Waals surface area contributed by atoms with Crippen LogP contribution in [0.4, 0.5) is 0 Å². The first-order valence-electron chi connectivity index (χ1n) is 8.54. The minimum absolute atomic E-state index is 0.0655. The van der Waals surface area contributed by atoms with E-state index in [0.717, 1.165) is 43.8 Å². The lowest BCUT2D eigenvalue weighted by Crippen LogP contribution is -2.42. The van der Waals surface area contributed by atoms with Gasteiger partial charge in [0.15, 0.2) is 0 Å². The highest BCUT2D eigenvalue weighted by Gasteiger charge is 2.28. The van der Waals surface area contributed by atoms with E-state index in [1.807, 2.05) is 6.92 Å². The number of benzene rings is 1. The van der Waals surface area contributed by atoms with Crippen LogP contribution in [0.2, 0.25) is 0 Å². The first-order chi connectivity index (χ1) is 11.9. The van der Waals surface area contributed by atoms with Gasteiger partial charge in [0, 0.05) is 29.6 Å². The van der Waals surface area contributed by atoms with Gasteiger partial charge in [0.1, 0.15) is 5.75 Å².